The number of nitro benzene ring substituents is 1. The van der Waals surface area contributed by atoms with Crippen molar-refractivity contribution in [2.75, 3.05) is 6.54 Å². The average molecular weight is 353 g/mol. The third kappa shape index (κ3) is 5.86. The summed E-state index contributed by atoms with van der Waals surface area (Å²) in [4.78, 5) is 34.1. The zero-order valence-electron chi connectivity index (χ0n) is 14.3. The van der Waals surface area contributed by atoms with Gasteiger partial charge in [-0.15, -0.1) is 0 Å². The maximum absolute atomic E-state index is 12.4. The van der Waals surface area contributed by atoms with Gasteiger partial charge in [0.25, 0.3) is 11.6 Å². The van der Waals surface area contributed by atoms with Crippen molar-refractivity contribution in [1.82, 2.24) is 10.6 Å². The SMILES string of the molecule is CC(=O)N/C(=C/c1cccc([N+](=O)[O-])c1)C(=O)NCCc1ccccc1. The Kier molecular flexibility index (Phi) is 6.61. The summed E-state index contributed by atoms with van der Waals surface area (Å²) in [6.07, 6.45) is 2.06. The lowest BCUT2D eigenvalue weighted by Crippen LogP contribution is -2.34. The Bertz CT molecular complexity index is 832. The van der Waals surface area contributed by atoms with Crippen molar-refractivity contribution in [2.24, 2.45) is 0 Å². The van der Waals surface area contributed by atoms with Crippen LogP contribution < -0.4 is 10.6 Å². The summed E-state index contributed by atoms with van der Waals surface area (Å²) >= 11 is 0. The second kappa shape index (κ2) is 9.12. The molecule has 0 bridgehead atoms. The van der Waals surface area contributed by atoms with Crippen LogP contribution in [0.25, 0.3) is 6.08 Å². The van der Waals surface area contributed by atoms with Gasteiger partial charge in [0.1, 0.15) is 5.70 Å². The number of carbonyl (C=O) groups is 2. The van der Waals surface area contributed by atoms with Gasteiger partial charge >= 0.3 is 0 Å². The fraction of sp³-hybridized carbons (Fsp3) is 0.158. The smallest absolute Gasteiger partial charge is 0.270 e. The highest BCUT2D eigenvalue weighted by atomic mass is 16.6. The number of rotatable bonds is 7. The molecule has 2 rings (SSSR count). The van der Waals surface area contributed by atoms with E-state index in [0.29, 0.717) is 18.5 Å². The van der Waals surface area contributed by atoms with Crippen LogP contribution in [0.3, 0.4) is 0 Å². The van der Waals surface area contributed by atoms with E-state index in [2.05, 4.69) is 10.6 Å². The van der Waals surface area contributed by atoms with Gasteiger partial charge in [-0.2, -0.15) is 0 Å². The first kappa shape index (κ1) is 18.9. The fourth-order valence-corrected chi connectivity index (χ4v) is 2.30. The molecular formula is C19H19N3O4. The average Bonchev–Trinajstić information content (AvgIpc) is 2.62. The topological polar surface area (TPSA) is 101 Å². The third-order valence-electron chi connectivity index (χ3n) is 3.49. The molecular weight excluding hydrogens is 334 g/mol. The number of nitrogens with one attached hydrogen (secondary N) is 2. The molecule has 0 saturated heterocycles. The lowest BCUT2D eigenvalue weighted by Gasteiger charge is -2.10. The lowest BCUT2D eigenvalue weighted by atomic mass is 10.1. The molecule has 0 heterocycles. The van der Waals surface area contributed by atoms with Crippen molar-refractivity contribution in [3.63, 3.8) is 0 Å². The Morgan fingerprint density at radius 2 is 1.85 bits per heavy atom. The van der Waals surface area contributed by atoms with Crippen LogP contribution in [-0.2, 0) is 16.0 Å². The first-order valence-corrected chi connectivity index (χ1v) is 8.01. The van der Waals surface area contributed by atoms with Crippen LogP contribution in [0, 0.1) is 10.1 Å². The fourth-order valence-electron chi connectivity index (χ4n) is 2.30. The van der Waals surface area contributed by atoms with Crippen LogP contribution >= 0.6 is 0 Å². The monoisotopic (exact) mass is 353 g/mol. The minimum Gasteiger partial charge on any atom is -0.350 e. The predicted octanol–water partition coefficient (Wildman–Crippen LogP) is 2.43. The van der Waals surface area contributed by atoms with Gasteiger partial charge in [-0.3, -0.25) is 19.7 Å². The lowest BCUT2D eigenvalue weighted by molar-refractivity contribution is -0.384. The standard InChI is InChI=1S/C19H19N3O4/c1-14(23)21-18(13-16-8-5-9-17(12-16)22(25)26)19(24)20-11-10-15-6-3-2-4-7-15/h2-9,12-13H,10-11H2,1H3,(H,20,24)(H,21,23)/b18-13+. The van der Waals surface area contributed by atoms with Gasteiger partial charge in [0.2, 0.25) is 5.91 Å². The quantitative estimate of drug-likeness (QED) is 0.453. The Morgan fingerprint density at radius 1 is 1.12 bits per heavy atom. The molecule has 134 valence electrons. The molecule has 0 saturated carbocycles. The zero-order chi connectivity index (χ0) is 18.9. The molecule has 0 aliphatic carbocycles. The van der Waals surface area contributed by atoms with Gasteiger partial charge in [-0.25, -0.2) is 0 Å². The molecule has 2 aromatic rings. The molecule has 0 spiro atoms. The summed E-state index contributed by atoms with van der Waals surface area (Å²) in [5.74, 6) is -0.859. The molecule has 2 amide bonds. The number of carbonyl (C=O) groups excluding carboxylic acids is 2. The molecule has 0 atom stereocenters. The normalized spacial score (nSPS) is 10.9. The predicted molar refractivity (Wildman–Crippen MR) is 98.0 cm³/mol. The number of non-ortho nitro benzene ring substituents is 1. The van der Waals surface area contributed by atoms with Crippen LogP contribution in [-0.4, -0.2) is 23.3 Å². The highest BCUT2D eigenvalue weighted by molar-refractivity contribution is 6.00. The van der Waals surface area contributed by atoms with E-state index in [9.17, 15) is 19.7 Å². The van der Waals surface area contributed by atoms with Crippen molar-refractivity contribution in [3.8, 4) is 0 Å². The van der Waals surface area contributed by atoms with E-state index in [4.69, 9.17) is 0 Å². The number of benzene rings is 2. The van der Waals surface area contributed by atoms with E-state index in [0.717, 1.165) is 5.56 Å². The second-order valence-corrected chi connectivity index (χ2v) is 5.58. The number of amides is 2. The number of nitro groups is 1. The summed E-state index contributed by atoms with van der Waals surface area (Å²) in [5, 5.41) is 16.1. The van der Waals surface area contributed by atoms with Gasteiger partial charge in [0.15, 0.2) is 0 Å². The van der Waals surface area contributed by atoms with E-state index in [1.165, 1.54) is 31.2 Å². The molecule has 0 aromatic heterocycles. The molecule has 0 fully saturated rings. The highest BCUT2D eigenvalue weighted by Crippen LogP contribution is 2.15. The van der Waals surface area contributed by atoms with Gasteiger partial charge in [0, 0.05) is 25.6 Å². The molecule has 0 unspecified atom stereocenters. The maximum atomic E-state index is 12.4. The highest BCUT2D eigenvalue weighted by Gasteiger charge is 2.12. The van der Waals surface area contributed by atoms with E-state index in [1.54, 1.807) is 6.07 Å². The molecule has 2 N–H and O–H groups in total. The Hall–Kier alpha value is -3.48. The van der Waals surface area contributed by atoms with Crippen LogP contribution in [0.1, 0.15) is 18.1 Å². The van der Waals surface area contributed by atoms with E-state index in [-0.39, 0.29) is 11.4 Å². The molecule has 0 aliphatic rings. The van der Waals surface area contributed by atoms with E-state index < -0.39 is 16.7 Å². The maximum Gasteiger partial charge on any atom is 0.270 e. The van der Waals surface area contributed by atoms with Crippen molar-refractivity contribution >= 4 is 23.6 Å². The van der Waals surface area contributed by atoms with Crippen molar-refractivity contribution < 1.29 is 14.5 Å². The summed E-state index contributed by atoms with van der Waals surface area (Å²) in [6.45, 7) is 1.69. The Morgan fingerprint density at radius 3 is 2.50 bits per heavy atom. The van der Waals surface area contributed by atoms with Crippen LogP contribution in [0.5, 0.6) is 0 Å². The first-order valence-electron chi connectivity index (χ1n) is 8.01. The van der Waals surface area contributed by atoms with Crippen molar-refractivity contribution in [2.45, 2.75) is 13.3 Å². The van der Waals surface area contributed by atoms with E-state index >= 15 is 0 Å². The minimum absolute atomic E-state index is 0.0334. The Labute approximate surface area is 150 Å². The molecule has 2 aromatic carbocycles. The Balaban J connectivity index is 2.10. The van der Waals surface area contributed by atoms with Crippen LogP contribution in [0.4, 0.5) is 5.69 Å². The van der Waals surface area contributed by atoms with Crippen LogP contribution in [0.15, 0.2) is 60.3 Å². The molecule has 0 aliphatic heterocycles. The number of nitrogens with zero attached hydrogens (tertiary/aromatic N) is 1. The van der Waals surface area contributed by atoms with Gasteiger partial charge in [0.05, 0.1) is 4.92 Å². The van der Waals surface area contributed by atoms with E-state index in [1.807, 2.05) is 30.3 Å². The first-order chi connectivity index (χ1) is 12.5. The number of hydrogen-bond donors (Lipinski definition) is 2. The summed E-state index contributed by atoms with van der Waals surface area (Å²) in [5.41, 5.74) is 1.47. The zero-order valence-corrected chi connectivity index (χ0v) is 14.3. The molecule has 7 heteroatoms. The molecule has 7 nitrogen and oxygen atoms in total. The second-order valence-electron chi connectivity index (χ2n) is 5.58. The summed E-state index contributed by atoms with van der Waals surface area (Å²) < 4.78 is 0. The third-order valence-corrected chi connectivity index (χ3v) is 3.49. The van der Waals surface area contributed by atoms with Crippen molar-refractivity contribution in [1.29, 1.82) is 0 Å². The van der Waals surface area contributed by atoms with Crippen molar-refractivity contribution in [3.05, 3.63) is 81.5 Å². The minimum atomic E-state index is -0.519. The number of hydrogen-bond acceptors (Lipinski definition) is 4. The molecule has 0 radical (unpaired) electrons. The summed E-state index contributed by atoms with van der Waals surface area (Å²) in [7, 11) is 0. The largest absolute Gasteiger partial charge is 0.350 e. The van der Waals surface area contributed by atoms with Crippen LogP contribution in [0.2, 0.25) is 0 Å². The van der Waals surface area contributed by atoms with Gasteiger partial charge < -0.3 is 10.6 Å². The molecule has 26 heavy (non-hydrogen) atoms. The van der Waals surface area contributed by atoms with Gasteiger partial charge in [-0.05, 0) is 23.6 Å². The summed E-state index contributed by atoms with van der Waals surface area (Å²) in [6, 6.07) is 15.5. The van der Waals surface area contributed by atoms with Gasteiger partial charge in [-0.1, -0.05) is 42.5 Å².